The molecule has 2 rings (SSSR count). The van der Waals surface area contributed by atoms with Crippen molar-refractivity contribution >= 4 is 11.7 Å². The number of rotatable bonds is 4. The highest BCUT2D eigenvalue weighted by atomic mass is 19.1. The first-order valence-corrected chi connectivity index (χ1v) is 6.16. The molecular formula is C15H15FN2O2. The zero-order valence-corrected chi connectivity index (χ0v) is 11.3. The SMILES string of the molecule is COC(=O)c1cc(NC(C)c2cccnc2)ccc1F. The lowest BCUT2D eigenvalue weighted by molar-refractivity contribution is 0.0595. The topological polar surface area (TPSA) is 51.2 Å². The largest absolute Gasteiger partial charge is 0.465 e. The van der Waals surface area contributed by atoms with Gasteiger partial charge in [0.1, 0.15) is 5.82 Å². The van der Waals surface area contributed by atoms with E-state index in [9.17, 15) is 9.18 Å². The summed E-state index contributed by atoms with van der Waals surface area (Å²) >= 11 is 0. The number of carbonyl (C=O) groups excluding carboxylic acids is 1. The Hall–Kier alpha value is -2.43. The fourth-order valence-electron chi connectivity index (χ4n) is 1.85. The van der Waals surface area contributed by atoms with Crippen molar-refractivity contribution in [3.8, 4) is 0 Å². The Bertz CT molecular complexity index is 602. The maximum absolute atomic E-state index is 13.5. The number of pyridine rings is 1. The van der Waals surface area contributed by atoms with Gasteiger partial charge in [-0.3, -0.25) is 4.98 Å². The fourth-order valence-corrected chi connectivity index (χ4v) is 1.85. The van der Waals surface area contributed by atoms with E-state index in [4.69, 9.17) is 0 Å². The van der Waals surface area contributed by atoms with E-state index < -0.39 is 11.8 Å². The van der Waals surface area contributed by atoms with Crippen LogP contribution in [-0.2, 0) is 4.74 Å². The Labute approximate surface area is 116 Å². The van der Waals surface area contributed by atoms with E-state index in [1.807, 2.05) is 19.1 Å². The van der Waals surface area contributed by atoms with Gasteiger partial charge in [-0.1, -0.05) is 6.07 Å². The second-order valence-corrected chi connectivity index (χ2v) is 4.34. The number of nitrogens with zero attached hydrogens (tertiary/aromatic N) is 1. The molecule has 0 aliphatic rings. The van der Waals surface area contributed by atoms with Gasteiger partial charge in [0.25, 0.3) is 0 Å². The standard InChI is InChI=1S/C15H15FN2O2/c1-10(11-4-3-7-17-9-11)18-12-5-6-14(16)13(8-12)15(19)20-2/h3-10,18H,1-2H3. The van der Waals surface area contributed by atoms with Gasteiger partial charge in [-0.05, 0) is 36.8 Å². The number of esters is 1. The van der Waals surface area contributed by atoms with Crippen LogP contribution in [0.5, 0.6) is 0 Å². The number of halogens is 1. The number of carbonyl (C=O) groups is 1. The monoisotopic (exact) mass is 274 g/mol. The molecule has 0 saturated heterocycles. The Morgan fingerprint density at radius 1 is 1.40 bits per heavy atom. The number of hydrogen-bond acceptors (Lipinski definition) is 4. The summed E-state index contributed by atoms with van der Waals surface area (Å²) in [5.74, 6) is -1.29. The molecule has 1 N–H and O–H groups in total. The number of aromatic nitrogens is 1. The molecule has 20 heavy (non-hydrogen) atoms. The molecule has 1 unspecified atom stereocenters. The predicted octanol–water partition coefficient (Wildman–Crippen LogP) is 3.18. The predicted molar refractivity (Wildman–Crippen MR) is 74.0 cm³/mol. The molecule has 5 heteroatoms. The van der Waals surface area contributed by atoms with Crippen LogP contribution in [0, 0.1) is 5.82 Å². The van der Waals surface area contributed by atoms with Crippen molar-refractivity contribution in [1.29, 1.82) is 0 Å². The van der Waals surface area contributed by atoms with Gasteiger partial charge in [0.2, 0.25) is 0 Å². The Morgan fingerprint density at radius 2 is 2.20 bits per heavy atom. The Morgan fingerprint density at radius 3 is 2.85 bits per heavy atom. The molecule has 0 aliphatic carbocycles. The quantitative estimate of drug-likeness (QED) is 0.870. The number of nitrogens with one attached hydrogen (secondary N) is 1. The number of hydrogen-bond donors (Lipinski definition) is 1. The summed E-state index contributed by atoms with van der Waals surface area (Å²) in [6.45, 7) is 1.96. The molecule has 104 valence electrons. The van der Waals surface area contributed by atoms with Crippen molar-refractivity contribution in [3.05, 3.63) is 59.7 Å². The summed E-state index contributed by atoms with van der Waals surface area (Å²) in [5.41, 5.74) is 1.55. The van der Waals surface area contributed by atoms with Gasteiger partial charge in [-0.15, -0.1) is 0 Å². The minimum absolute atomic E-state index is 0.0142. The fraction of sp³-hybridized carbons (Fsp3) is 0.200. The highest BCUT2D eigenvalue weighted by Gasteiger charge is 2.13. The zero-order valence-electron chi connectivity index (χ0n) is 11.3. The second-order valence-electron chi connectivity index (χ2n) is 4.34. The van der Waals surface area contributed by atoms with Crippen LogP contribution in [0.1, 0.15) is 28.9 Å². The molecule has 4 nitrogen and oxygen atoms in total. The zero-order chi connectivity index (χ0) is 14.5. The van der Waals surface area contributed by atoms with Gasteiger partial charge in [0.05, 0.1) is 18.7 Å². The molecule has 0 radical (unpaired) electrons. The number of ether oxygens (including phenoxy) is 1. The molecule has 1 heterocycles. The summed E-state index contributed by atoms with van der Waals surface area (Å²) in [7, 11) is 1.22. The summed E-state index contributed by atoms with van der Waals surface area (Å²) in [6.07, 6.45) is 3.45. The second kappa shape index (κ2) is 6.14. The van der Waals surface area contributed by atoms with E-state index in [-0.39, 0.29) is 11.6 Å². The van der Waals surface area contributed by atoms with E-state index in [2.05, 4.69) is 15.0 Å². The highest BCUT2D eigenvalue weighted by Crippen LogP contribution is 2.21. The highest BCUT2D eigenvalue weighted by molar-refractivity contribution is 5.90. The van der Waals surface area contributed by atoms with Crippen LogP contribution in [0.3, 0.4) is 0 Å². The van der Waals surface area contributed by atoms with Crippen LogP contribution in [0.2, 0.25) is 0 Å². The number of benzene rings is 1. The average molecular weight is 274 g/mol. The molecule has 1 aromatic carbocycles. The molecule has 2 aromatic rings. The summed E-state index contributed by atoms with van der Waals surface area (Å²) in [4.78, 5) is 15.5. The molecule has 0 aliphatic heterocycles. The molecule has 0 spiro atoms. The van der Waals surface area contributed by atoms with Crippen LogP contribution < -0.4 is 5.32 Å². The van der Waals surface area contributed by atoms with Crippen molar-refractivity contribution in [2.24, 2.45) is 0 Å². The van der Waals surface area contributed by atoms with Gasteiger partial charge in [0, 0.05) is 18.1 Å². The Kier molecular flexibility index (Phi) is 4.30. The first-order valence-electron chi connectivity index (χ1n) is 6.16. The molecule has 0 fully saturated rings. The van der Waals surface area contributed by atoms with Gasteiger partial charge in [-0.2, -0.15) is 0 Å². The lowest BCUT2D eigenvalue weighted by Crippen LogP contribution is -2.09. The van der Waals surface area contributed by atoms with E-state index >= 15 is 0 Å². The molecule has 0 bridgehead atoms. The third-order valence-corrected chi connectivity index (χ3v) is 2.94. The van der Waals surface area contributed by atoms with Crippen LogP contribution in [0.25, 0.3) is 0 Å². The van der Waals surface area contributed by atoms with Crippen LogP contribution >= 0.6 is 0 Å². The summed E-state index contributed by atoms with van der Waals surface area (Å²) in [5, 5.41) is 3.19. The van der Waals surface area contributed by atoms with Crippen LogP contribution in [0.15, 0.2) is 42.7 Å². The number of anilines is 1. The van der Waals surface area contributed by atoms with Gasteiger partial charge >= 0.3 is 5.97 Å². The summed E-state index contributed by atoms with van der Waals surface area (Å²) in [6, 6.07) is 8.03. The normalized spacial score (nSPS) is 11.8. The Balaban J connectivity index is 2.20. The van der Waals surface area contributed by atoms with E-state index in [0.717, 1.165) is 5.56 Å². The lowest BCUT2D eigenvalue weighted by atomic mass is 10.1. The lowest BCUT2D eigenvalue weighted by Gasteiger charge is -2.16. The van der Waals surface area contributed by atoms with Crippen LogP contribution in [0.4, 0.5) is 10.1 Å². The van der Waals surface area contributed by atoms with Crippen molar-refractivity contribution < 1.29 is 13.9 Å². The minimum atomic E-state index is -0.694. The molecule has 0 amide bonds. The third kappa shape index (κ3) is 3.12. The first kappa shape index (κ1) is 14.0. The van der Waals surface area contributed by atoms with Crippen molar-refractivity contribution in [2.75, 3.05) is 12.4 Å². The number of methoxy groups -OCH3 is 1. The van der Waals surface area contributed by atoms with Gasteiger partial charge in [0.15, 0.2) is 0 Å². The molecule has 1 atom stereocenters. The maximum atomic E-state index is 13.5. The van der Waals surface area contributed by atoms with E-state index in [1.165, 1.54) is 19.2 Å². The smallest absolute Gasteiger partial charge is 0.340 e. The first-order chi connectivity index (χ1) is 9.61. The van der Waals surface area contributed by atoms with Crippen LogP contribution in [-0.4, -0.2) is 18.1 Å². The summed E-state index contributed by atoms with van der Waals surface area (Å²) < 4.78 is 18.1. The third-order valence-electron chi connectivity index (χ3n) is 2.94. The maximum Gasteiger partial charge on any atom is 0.340 e. The van der Waals surface area contributed by atoms with Gasteiger partial charge < -0.3 is 10.1 Å². The van der Waals surface area contributed by atoms with Crippen molar-refractivity contribution in [1.82, 2.24) is 4.98 Å². The molecule has 1 aromatic heterocycles. The van der Waals surface area contributed by atoms with Gasteiger partial charge in [-0.25, -0.2) is 9.18 Å². The van der Waals surface area contributed by atoms with E-state index in [0.29, 0.717) is 5.69 Å². The van der Waals surface area contributed by atoms with Crippen molar-refractivity contribution in [3.63, 3.8) is 0 Å². The molecular weight excluding hydrogens is 259 g/mol. The molecule has 0 saturated carbocycles. The van der Waals surface area contributed by atoms with Crippen molar-refractivity contribution in [2.45, 2.75) is 13.0 Å². The minimum Gasteiger partial charge on any atom is -0.465 e. The van der Waals surface area contributed by atoms with E-state index in [1.54, 1.807) is 18.5 Å². The average Bonchev–Trinajstić information content (AvgIpc) is 2.49.